The van der Waals surface area contributed by atoms with E-state index in [1.54, 1.807) is 6.92 Å². The lowest BCUT2D eigenvalue weighted by Gasteiger charge is -2.09. The minimum Gasteiger partial charge on any atom is -0.466 e. The molecule has 2 fully saturated rings. The fourth-order valence-electron chi connectivity index (χ4n) is 1.15. The number of carbonyl (C=O) groups is 1. The number of esters is 1. The van der Waals surface area contributed by atoms with E-state index < -0.39 is 0 Å². The van der Waals surface area contributed by atoms with E-state index in [1.165, 1.54) is 19.8 Å². The van der Waals surface area contributed by atoms with Crippen LogP contribution >= 0.6 is 0 Å². The molecule has 0 aromatic carbocycles. The van der Waals surface area contributed by atoms with Crippen molar-refractivity contribution in [3.63, 3.8) is 0 Å². The zero-order chi connectivity index (χ0) is 12.8. The summed E-state index contributed by atoms with van der Waals surface area (Å²) in [5.41, 5.74) is 0. The van der Waals surface area contributed by atoms with Crippen LogP contribution in [0.4, 0.5) is 0 Å². The molecule has 2 aliphatic rings. The molecule has 2 heterocycles. The molecule has 0 unspecified atom stereocenters. The molecule has 0 bridgehead atoms. The summed E-state index contributed by atoms with van der Waals surface area (Å²) >= 11 is 0. The van der Waals surface area contributed by atoms with Crippen LogP contribution in [0.25, 0.3) is 0 Å². The van der Waals surface area contributed by atoms with Gasteiger partial charge in [0.2, 0.25) is 0 Å². The van der Waals surface area contributed by atoms with Crippen LogP contribution in [0.5, 0.6) is 0 Å². The summed E-state index contributed by atoms with van der Waals surface area (Å²) in [5.74, 6) is -0.211. The van der Waals surface area contributed by atoms with E-state index in [0.29, 0.717) is 6.61 Å². The lowest BCUT2D eigenvalue weighted by molar-refractivity contribution is -0.140. The smallest absolute Gasteiger partial charge is 0.302 e. The monoisotopic (exact) mass is 248 g/mol. The highest BCUT2D eigenvalue weighted by molar-refractivity contribution is 5.65. The first kappa shape index (κ1) is 16.4. The third-order valence-corrected chi connectivity index (χ3v) is 1.92. The van der Waals surface area contributed by atoms with E-state index in [2.05, 4.69) is 4.74 Å². The minimum absolute atomic E-state index is 0.211. The topological polar surface area (TPSA) is 54.0 Å². The van der Waals surface area contributed by atoms with Crippen molar-refractivity contribution in [1.82, 2.24) is 0 Å². The minimum atomic E-state index is -0.211. The second kappa shape index (κ2) is 13.4. The van der Waals surface area contributed by atoms with Gasteiger partial charge < -0.3 is 18.9 Å². The third-order valence-electron chi connectivity index (χ3n) is 1.92. The van der Waals surface area contributed by atoms with Gasteiger partial charge >= 0.3 is 5.97 Å². The van der Waals surface area contributed by atoms with Crippen molar-refractivity contribution < 1.29 is 23.7 Å². The summed E-state index contributed by atoms with van der Waals surface area (Å²) in [5, 5.41) is 0. The first-order chi connectivity index (χ1) is 8.27. The summed E-state index contributed by atoms with van der Waals surface area (Å²) < 4.78 is 19.2. The lowest BCUT2D eigenvalue weighted by Crippen LogP contribution is -2.16. The van der Waals surface area contributed by atoms with E-state index in [1.807, 2.05) is 0 Å². The van der Waals surface area contributed by atoms with Gasteiger partial charge in [0.05, 0.1) is 33.0 Å². The van der Waals surface area contributed by atoms with Gasteiger partial charge in [-0.05, 0) is 19.8 Å². The number of hydrogen-bond acceptors (Lipinski definition) is 5. The Bertz CT molecular complexity index is 145. The van der Waals surface area contributed by atoms with Crippen LogP contribution in [0.2, 0.25) is 0 Å². The van der Waals surface area contributed by atoms with Gasteiger partial charge in [-0.25, -0.2) is 0 Å². The molecule has 0 amide bonds. The Morgan fingerprint density at radius 1 is 0.941 bits per heavy atom. The summed E-state index contributed by atoms with van der Waals surface area (Å²) in [6.45, 7) is 8.76. The standard InChI is InChI=1S/2C4H8O2.C4H8O/c1-2-6-4-3-5-1;1-3-6-4(2)5;1-2-4-5-3-1/h1-4H2;3H2,1-2H3;1-4H2. The van der Waals surface area contributed by atoms with E-state index >= 15 is 0 Å². The highest BCUT2D eigenvalue weighted by Gasteiger charge is 1.95. The van der Waals surface area contributed by atoms with Gasteiger partial charge in [0, 0.05) is 20.1 Å². The second-order valence-corrected chi connectivity index (χ2v) is 3.47. The van der Waals surface area contributed by atoms with E-state index in [0.717, 1.165) is 39.6 Å². The fraction of sp³-hybridized carbons (Fsp3) is 0.917. The Morgan fingerprint density at radius 3 is 1.47 bits per heavy atom. The number of ether oxygens (including phenoxy) is 4. The average molecular weight is 248 g/mol. The average Bonchev–Trinajstić information content (AvgIpc) is 2.90. The molecule has 5 heteroatoms. The van der Waals surface area contributed by atoms with Crippen LogP contribution in [0, 0.1) is 0 Å². The molecule has 0 aliphatic carbocycles. The maximum atomic E-state index is 9.82. The summed E-state index contributed by atoms with van der Waals surface area (Å²) in [4.78, 5) is 9.82. The Labute approximate surface area is 103 Å². The normalized spacial score (nSPS) is 18.2. The van der Waals surface area contributed by atoms with Crippen LogP contribution in [0.3, 0.4) is 0 Å². The molecule has 17 heavy (non-hydrogen) atoms. The van der Waals surface area contributed by atoms with Gasteiger partial charge in [-0.2, -0.15) is 0 Å². The van der Waals surface area contributed by atoms with Gasteiger partial charge in [0.1, 0.15) is 0 Å². The Morgan fingerprint density at radius 2 is 1.35 bits per heavy atom. The molecule has 0 aromatic heterocycles. The van der Waals surface area contributed by atoms with Gasteiger partial charge in [-0.1, -0.05) is 0 Å². The highest BCUT2D eigenvalue weighted by Crippen LogP contribution is 1.98. The van der Waals surface area contributed by atoms with Crippen molar-refractivity contribution in [2.45, 2.75) is 26.7 Å². The Hall–Kier alpha value is -0.650. The van der Waals surface area contributed by atoms with Crippen LogP contribution < -0.4 is 0 Å². The number of rotatable bonds is 1. The molecule has 2 aliphatic heterocycles. The predicted molar refractivity (Wildman–Crippen MR) is 64.0 cm³/mol. The first-order valence-electron chi connectivity index (χ1n) is 6.14. The molecule has 102 valence electrons. The lowest BCUT2D eigenvalue weighted by atomic mass is 10.4. The molecule has 0 N–H and O–H groups in total. The molecule has 2 rings (SSSR count). The van der Waals surface area contributed by atoms with Crippen molar-refractivity contribution in [2.75, 3.05) is 46.2 Å². The summed E-state index contributed by atoms with van der Waals surface area (Å²) in [6.07, 6.45) is 2.56. The molecule has 0 atom stereocenters. The first-order valence-corrected chi connectivity index (χ1v) is 6.14. The fourth-order valence-corrected chi connectivity index (χ4v) is 1.15. The van der Waals surface area contributed by atoms with Crippen molar-refractivity contribution >= 4 is 5.97 Å². The van der Waals surface area contributed by atoms with Gasteiger partial charge in [-0.3, -0.25) is 4.79 Å². The van der Waals surface area contributed by atoms with Gasteiger partial charge in [0.15, 0.2) is 0 Å². The molecule has 0 radical (unpaired) electrons. The molecule has 0 aromatic rings. The molecule has 0 saturated carbocycles. The van der Waals surface area contributed by atoms with Crippen LogP contribution in [-0.4, -0.2) is 52.2 Å². The molecule has 2 saturated heterocycles. The van der Waals surface area contributed by atoms with Crippen LogP contribution in [-0.2, 0) is 23.7 Å². The van der Waals surface area contributed by atoms with Crippen molar-refractivity contribution in [3.8, 4) is 0 Å². The number of carbonyl (C=O) groups excluding carboxylic acids is 1. The predicted octanol–water partition coefficient (Wildman–Crippen LogP) is 1.40. The summed E-state index contributed by atoms with van der Waals surface area (Å²) in [6, 6.07) is 0. The number of hydrogen-bond donors (Lipinski definition) is 0. The van der Waals surface area contributed by atoms with E-state index in [4.69, 9.17) is 14.2 Å². The quantitative estimate of drug-likeness (QED) is 0.656. The van der Waals surface area contributed by atoms with Gasteiger partial charge in [-0.15, -0.1) is 0 Å². The second-order valence-electron chi connectivity index (χ2n) is 3.47. The molecule has 5 nitrogen and oxygen atoms in total. The Balaban J connectivity index is 0.000000227. The zero-order valence-electron chi connectivity index (χ0n) is 10.9. The Kier molecular flexibility index (Phi) is 12.9. The third kappa shape index (κ3) is 15.4. The SMILES string of the molecule is C1CCOC1.C1COCCO1.CCOC(C)=O. The van der Waals surface area contributed by atoms with E-state index in [-0.39, 0.29) is 5.97 Å². The van der Waals surface area contributed by atoms with Crippen molar-refractivity contribution in [3.05, 3.63) is 0 Å². The van der Waals surface area contributed by atoms with Gasteiger partial charge in [0.25, 0.3) is 0 Å². The van der Waals surface area contributed by atoms with Crippen LogP contribution in [0.15, 0.2) is 0 Å². The van der Waals surface area contributed by atoms with Crippen LogP contribution in [0.1, 0.15) is 26.7 Å². The van der Waals surface area contributed by atoms with Crippen molar-refractivity contribution in [2.24, 2.45) is 0 Å². The summed E-state index contributed by atoms with van der Waals surface area (Å²) in [7, 11) is 0. The maximum Gasteiger partial charge on any atom is 0.302 e. The maximum absolute atomic E-state index is 9.82. The largest absolute Gasteiger partial charge is 0.466 e. The van der Waals surface area contributed by atoms with E-state index in [9.17, 15) is 4.79 Å². The highest BCUT2D eigenvalue weighted by atomic mass is 16.6. The molecule has 0 spiro atoms. The van der Waals surface area contributed by atoms with Crippen molar-refractivity contribution in [1.29, 1.82) is 0 Å². The molecular formula is C12H24O5. The molecular weight excluding hydrogens is 224 g/mol. The zero-order valence-corrected chi connectivity index (χ0v) is 10.9.